The van der Waals surface area contributed by atoms with Gasteiger partial charge in [0.1, 0.15) is 22.4 Å². The van der Waals surface area contributed by atoms with Crippen LogP contribution in [0.15, 0.2) is 36.4 Å². The van der Waals surface area contributed by atoms with Crippen molar-refractivity contribution in [2.75, 3.05) is 0 Å². The number of benzene rings is 2. The van der Waals surface area contributed by atoms with Gasteiger partial charge in [-0.25, -0.2) is 4.98 Å². The Morgan fingerprint density at radius 1 is 1.15 bits per heavy atom. The molecule has 1 heterocycles. The van der Waals surface area contributed by atoms with Crippen LogP contribution in [0.2, 0.25) is 10.0 Å². The molecule has 0 atom stereocenters. The first-order valence-corrected chi connectivity index (χ1v) is 8.55. The molecule has 0 aliphatic carbocycles. The number of hydrogen-bond donors (Lipinski definition) is 1. The standard InChI is InChI=1S/C17H7Cl2F3N2OS/c18-10-2-1-3-11(19)14(10)15(25)9(7-23)16-24-12-6-8(17(20,21)22)4-5-13(12)26-16/h1-6,25H. The van der Waals surface area contributed by atoms with Gasteiger partial charge in [0.05, 0.1) is 31.4 Å². The molecule has 0 bridgehead atoms. The number of halogens is 5. The lowest BCUT2D eigenvalue weighted by molar-refractivity contribution is -0.137. The fourth-order valence-corrected chi connectivity index (χ4v) is 3.78. The summed E-state index contributed by atoms with van der Waals surface area (Å²) in [5.74, 6) is -0.488. The van der Waals surface area contributed by atoms with Crippen LogP contribution in [0.4, 0.5) is 13.2 Å². The summed E-state index contributed by atoms with van der Waals surface area (Å²) in [6.07, 6.45) is -4.50. The Morgan fingerprint density at radius 2 is 1.81 bits per heavy atom. The van der Waals surface area contributed by atoms with Crippen molar-refractivity contribution in [2.24, 2.45) is 0 Å². The van der Waals surface area contributed by atoms with E-state index < -0.39 is 17.5 Å². The minimum atomic E-state index is -4.50. The van der Waals surface area contributed by atoms with Gasteiger partial charge < -0.3 is 5.11 Å². The number of fused-ring (bicyclic) bond motifs is 1. The zero-order chi connectivity index (χ0) is 19.1. The first kappa shape index (κ1) is 18.5. The molecule has 3 rings (SSSR count). The summed E-state index contributed by atoms with van der Waals surface area (Å²) in [5.41, 5.74) is -0.939. The summed E-state index contributed by atoms with van der Waals surface area (Å²) < 4.78 is 38.9. The number of allylic oxidation sites excluding steroid dienone is 1. The quantitative estimate of drug-likeness (QED) is 0.380. The van der Waals surface area contributed by atoms with Crippen LogP contribution in [0.3, 0.4) is 0 Å². The summed E-state index contributed by atoms with van der Waals surface area (Å²) in [4.78, 5) is 4.06. The number of rotatable bonds is 2. The zero-order valence-electron chi connectivity index (χ0n) is 12.6. The summed E-state index contributed by atoms with van der Waals surface area (Å²) >= 11 is 13.0. The summed E-state index contributed by atoms with van der Waals surface area (Å²) in [6.45, 7) is 0. The number of hydrogen-bond acceptors (Lipinski definition) is 4. The van der Waals surface area contributed by atoms with Gasteiger partial charge in [-0.05, 0) is 30.3 Å². The minimum absolute atomic E-state index is 0.0580. The van der Waals surface area contributed by atoms with E-state index in [0.717, 1.165) is 23.5 Å². The summed E-state index contributed by atoms with van der Waals surface area (Å²) in [5, 5.41) is 20.2. The number of aliphatic hydroxyl groups excluding tert-OH is 1. The van der Waals surface area contributed by atoms with E-state index in [-0.39, 0.29) is 31.7 Å². The molecule has 3 aromatic rings. The first-order chi connectivity index (χ1) is 12.2. The molecule has 0 amide bonds. The third kappa shape index (κ3) is 3.36. The molecule has 3 nitrogen and oxygen atoms in total. The van der Waals surface area contributed by atoms with Crippen LogP contribution in [0, 0.1) is 11.3 Å². The second-order valence-electron chi connectivity index (χ2n) is 5.13. The van der Waals surface area contributed by atoms with E-state index in [0.29, 0.717) is 4.70 Å². The first-order valence-electron chi connectivity index (χ1n) is 6.98. The van der Waals surface area contributed by atoms with Crippen molar-refractivity contribution in [3.63, 3.8) is 0 Å². The molecule has 0 aliphatic heterocycles. The molecule has 26 heavy (non-hydrogen) atoms. The lowest BCUT2D eigenvalue weighted by Crippen LogP contribution is -2.03. The van der Waals surface area contributed by atoms with Gasteiger partial charge in [-0.2, -0.15) is 18.4 Å². The average Bonchev–Trinajstić information content (AvgIpc) is 2.97. The van der Waals surface area contributed by atoms with E-state index in [2.05, 4.69) is 4.98 Å². The van der Waals surface area contributed by atoms with Crippen LogP contribution < -0.4 is 0 Å². The van der Waals surface area contributed by atoms with Gasteiger partial charge in [0.25, 0.3) is 0 Å². The van der Waals surface area contributed by atoms with Crippen molar-refractivity contribution in [2.45, 2.75) is 6.18 Å². The van der Waals surface area contributed by atoms with E-state index in [1.54, 1.807) is 6.07 Å². The molecule has 0 radical (unpaired) electrons. The number of nitrogens with zero attached hydrogens (tertiary/aromatic N) is 2. The third-order valence-electron chi connectivity index (χ3n) is 3.48. The normalized spacial score (nSPS) is 12.8. The van der Waals surface area contributed by atoms with E-state index in [1.165, 1.54) is 18.2 Å². The van der Waals surface area contributed by atoms with Crippen LogP contribution in [0.1, 0.15) is 16.1 Å². The fourth-order valence-electron chi connectivity index (χ4n) is 2.26. The molecule has 2 aromatic carbocycles. The van der Waals surface area contributed by atoms with E-state index in [9.17, 15) is 23.5 Å². The highest BCUT2D eigenvalue weighted by Gasteiger charge is 2.31. The van der Waals surface area contributed by atoms with Crippen LogP contribution >= 0.6 is 34.5 Å². The van der Waals surface area contributed by atoms with Crippen molar-refractivity contribution in [3.8, 4) is 6.07 Å². The Hall–Kier alpha value is -2.27. The van der Waals surface area contributed by atoms with Crippen molar-refractivity contribution in [1.82, 2.24) is 4.98 Å². The van der Waals surface area contributed by atoms with Gasteiger partial charge in [-0.15, -0.1) is 11.3 Å². The van der Waals surface area contributed by atoms with Crippen LogP contribution in [-0.4, -0.2) is 10.1 Å². The predicted molar refractivity (Wildman–Crippen MR) is 96.1 cm³/mol. The molecule has 0 saturated heterocycles. The molecule has 1 aromatic heterocycles. The molecule has 9 heteroatoms. The lowest BCUT2D eigenvalue weighted by atomic mass is 10.1. The van der Waals surface area contributed by atoms with Crippen molar-refractivity contribution < 1.29 is 18.3 Å². The minimum Gasteiger partial charge on any atom is -0.506 e. The summed E-state index contributed by atoms with van der Waals surface area (Å²) in [6, 6.07) is 9.46. The van der Waals surface area contributed by atoms with Crippen LogP contribution in [-0.2, 0) is 6.18 Å². The second kappa shape index (κ2) is 6.80. The van der Waals surface area contributed by atoms with Crippen molar-refractivity contribution in [3.05, 3.63) is 62.6 Å². The van der Waals surface area contributed by atoms with Gasteiger partial charge in [0.15, 0.2) is 0 Å². The molecule has 0 saturated carbocycles. The Morgan fingerprint density at radius 3 is 2.38 bits per heavy atom. The highest BCUT2D eigenvalue weighted by molar-refractivity contribution is 7.19. The van der Waals surface area contributed by atoms with Crippen LogP contribution in [0.5, 0.6) is 0 Å². The van der Waals surface area contributed by atoms with E-state index >= 15 is 0 Å². The maximum atomic E-state index is 12.8. The smallest absolute Gasteiger partial charge is 0.416 e. The molecule has 1 N–H and O–H groups in total. The zero-order valence-corrected chi connectivity index (χ0v) is 14.9. The maximum absolute atomic E-state index is 12.8. The van der Waals surface area contributed by atoms with Gasteiger partial charge in [-0.1, -0.05) is 29.3 Å². The largest absolute Gasteiger partial charge is 0.506 e. The molecule has 0 fully saturated rings. The van der Waals surface area contributed by atoms with Gasteiger partial charge in [0, 0.05) is 0 Å². The molecular formula is C17H7Cl2F3N2OS. The summed E-state index contributed by atoms with van der Waals surface area (Å²) in [7, 11) is 0. The molecule has 132 valence electrons. The van der Waals surface area contributed by atoms with Gasteiger partial charge in [-0.3, -0.25) is 0 Å². The highest BCUT2D eigenvalue weighted by Crippen LogP contribution is 2.37. The van der Waals surface area contributed by atoms with Crippen molar-refractivity contribution in [1.29, 1.82) is 5.26 Å². The Balaban J connectivity index is 2.18. The number of thiazole rings is 1. The van der Waals surface area contributed by atoms with Crippen molar-refractivity contribution >= 4 is 56.1 Å². The molecule has 0 aliphatic rings. The number of aromatic nitrogens is 1. The van der Waals surface area contributed by atoms with E-state index in [1.807, 2.05) is 6.07 Å². The molecular weight excluding hydrogens is 408 g/mol. The Kier molecular flexibility index (Phi) is 4.84. The topological polar surface area (TPSA) is 56.9 Å². The molecule has 0 spiro atoms. The predicted octanol–water partition coefficient (Wildman–Crippen LogP) is 6.57. The monoisotopic (exact) mass is 414 g/mol. The average molecular weight is 415 g/mol. The van der Waals surface area contributed by atoms with E-state index in [4.69, 9.17) is 23.2 Å². The second-order valence-corrected chi connectivity index (χ2v) is 6.98. The number of aliphatic hydroxyl groups is 1. The third-order valence-corrected chi connectivity index (χ3v) is 5.16. The molecule has 0 unspecified atom stereocenters. The lowest BCUT2D eigenvalue weighted by Gasteiger charge is -2.07. The number of nitriles is 1. The van der Waals surface area contributed by atoms with Gasteiger partial charge in [0.2, 0.25) is 0 Å². The van der Waals surface area contributed by atoms with Gasteiger partial charge >= 0.3 is 6.18 Å². The highest BCUT2D eigenvalue weighted by atomic mass is 35.5. The number of alkyl halides is 3. The van der Waals surface area contributed by atoms with Crippen LogP contribution in [0.25, 0.3) is 21.5 Å². The fraction of sp³-hybridized carbons (Fsp3) is 0.0588. The Labute approximate surface area is 159 Å². The maximum Gasteiger partial charge on any atom is 0.416 e. The SMILES string of the molecule is N#CC(=C(O)c1c(Cl)cccc1Cl)c1nc2cc(C(F)(F)F)ccc2s1. The Bertz CT molecular complexity index is 1060.